The summed E-state index contributed by atoms with van der Waals surface area (Å²) >= 11 is 7.91. The molecule has 0 saturated carbocycles. The summed E-state index contributed by atoms with van der Waals surface area (Å²) in [6, 6.07) is 16.9. The number of fused-ring (bicyclic) bond motifs is 1. The molecular formula is C17H18ClNS. The molecule has 0 fully saturated rings. The average Bonchev–Trinajstić information content (AvgIpc) is 2.44. The molecule has 0 radical (unpaired) electrons. The molecule has 1 aliphatic carbocycles. The Morgan fingerprint density at radius 1 is 1.15 bits per heavy atom. The van der Waals surface area contributed by atoms with Gasteiger partial charge in [0.1, 0.15) is 0 Å². The third-order valence-electron chi connectivity index (χ3n) is 3.84. The largest absolute Gasteiger partial charge is 0.327 e. The molecule has 0 heterocycles. The van der Waals surface area contributed by atoms with Crippen molar-refractivity contribution in [2.75, 3.05) is 5.75 Å². The van der Waals surface area contributed by atoms with Crippen molar-refractivity contribution in [1.29, 1.82) is 0 Å². The van der Waals surface area contributed by atoms with E-state index < -0.39 is 0 Å². The van der Waals surface area contributed by atoms with Crippen molar-refractivity contribution in [3.63, 3.8) is 0 Å². The molecule has 104 valence electrons. The molecule has 0 aromatic heterocycles. The lowest BCUT2D eigenvalue weighted by Gasteiger charge is -2.32. The number of hydrogen-bond acceptors (Lipinski definition) is 2. The van der Waals surface area contributed by atoms with E-state index in [1.54, 1.807) is 11.8 Å². The lowest BCUT2D eigenvalue weighted by Crippen LogP contribution is -2.29. The van der Waals surface area contributed by atoms with Crippen LogP contribution in [0.25, 0.3) is 0 Å². The molecule has 2 aromatic rings. The van der Waals surface area contributed by atoms with E-state index in [0.717, 1.165) is 22.1 Å². The van der Waals surface area contributed by atoms with Crippen LogP contribution in [-0.4, -0.2) is 11.8 Å². The van der Waals surface area contributed by atoms with Crippen LogP contribution >= 0.6 is 23.4 Å². The van der Waals surface area contributed by atoms with E-state index in [9.17, 15) is 0 Å². The highest BCUT2D eigenvalue weighted by molar-refractivity contribution is 7.99. The minimum absolute atomic E-state index is 0.217. The van der Waals surface area contributed by atoms with Crippen LogP contribution in [-0.2, 0) is 6.42 Å². The molecule has 1 aliphatic rings. The maximum absolute atomic E-state index is 6.28. The standard InChI is InChI=1S/C17H18ClNS/c18-16-7-3-4-8-17(16)20-11-14(19)10-13-9-12-5-1-2-6-15(12)13/h1-8,13-14H,9-11,19H2. The first-order valence-electron chi connectivity index (χ1n) is 6.95. The molecule has 3 heteroatoms. The van der Waals surface area contributed by atoms with Crippen LogP contribution in [0.1, 0.15) is 23.5 Å². The van der Waals surface area contributed by atoms with E-state index >= 15 is 0 Å². The van der Waals surface area contributed by atoms with E-state index in [-0.39, 0.29) is 6.04 Å². The fourth-order valence-electron chi connectivity index (χ4n) is 2.77. The number of nitrogens with two attached hydrogens (primary N) is 1. The van der Waals surface area contributed by atoms with Crippen molar-refractivity contribution in [3.05, 3.63) is 64.7 Å². The summed E-state index contributed by atoms with van der Waals surface area (Å²) < 4.78 is 0. The van der Waals surface area contributed by atoms with Gasteiger partial charge in [-0.15, -0.1) is 11.8 Å². The van der Waals surface area contributed by atoms with Gasteiger partial charge in [-0.05, 0) is 42.0 Å². The summed E-state index contributed by atoms with van der Waals surface area (Å²) in [7, 11) is 0. The minimum atomic E-state index is 0.217. The topological polar surface area (TPSA) is 26.0 Å². The average molecular weight is 304 g/mol. The molecule has 0 aliphatic heterocycles. The van der Waals surface area contributed by atoms with Crippen LogP contribution in [0.15, 0.2) is 53.4 Å². The van der Waals surface area contributed by atoms with Gasteiger partial charge in [0.15, 0.2) is 0 Å². The van der Waals surface area contributed by atoms with Crippen molar-refractivity contribution in [3.8, 4) is 0 Å². The zero-order valence-electron chi connectivity index (χ0n) is 11.3. The second kappa shape index (κ2) is 6.21. The van der Waals surface area contributed by atoms with Gasteiger partial charge in [-0.2, -0.15) is 0 Å². The van der Waals surface area contributed by atoms with Crippen molar-refractivity contribution in [2.45, 2.75) is 29.7 Å². The summed E-state index contributed by atoms with van der Waals surface area (Å²) in [4.78, 5) is 1.12. The molecule has 0 amide bonds. The van der Waals surface area contributed by atoms with Crippen LogP contribution in [0, 0.1) is 0 Å². The number of thioether (sulfide) groups is 1. The summed E-state index contributed by atoms with van der Waals surface area (Å²) in [6.45, 7) is 0. The maximum atomic E-state index is 6.28. The number of benzene rings is 2. The Morgan fingerprint density at radius 2 is 1.90 bits per heavy atom. The second-order valence-corrected chi connectivity index (χ2v) is 6.81. The van der Waals surface area contributed by atoms with Crippen LogP contribution in [0.5, 0.6) is 0 Å². The molecule has 20 heavy (non-hydrogen) atoms. The first-order valence-corrected chi connectivity index (χ1v) is 8.31. The summed E-state index contributed by atoms with van der Waals surface area (Å²) in [5.74, 6) is 1.57. The first kappa shape index (κ1) is 14.0. The zero-order valence-corrected chi connectivity index (χ0v) is 12.8. The first-order chi connectivity index (χ1) is 9.74. The molecule has 0 saturated heterocycles. The molecule has 3 rings (SSSR count). The number of halogens is 1. The Labute approximate surface area is 129 Å². The number of hydrogen-bond donors (Lipinski definition) is 1. The zero-order chi connectivity index (χ0) is 13.9. The van der Waals surface area contributed by atoms with Crippen LogP contribution in [0.4, 0.5) is 0 Å². The highest BCUT2D eigenvalue weighted by Crippen LogP contribution is 2.38. The van der Waals surface area contributed by atoms with Crippen molar-refractivity contribution in [2.24, 2.45) is 5.73 Å². The normalized spacial score (nSPS) is 18.2. The van der Waals surface area contributed by atoms with Crippen LogP contribution in [0.3, 0.4) is 0 Å². The summed E-state index contributed by atoms with van der Waals surface area (Å²) in [6.07, 6.45) is 2.25. The van der Waals surface area contributed by atoms with E-state index in [2.05, 4.69) is 30.3 Å². The smallest absolute Gasteiger partial charge is 0.0541 e. The van der Waals surface area contributed by atoms with E-state index in [4.69, 9.17) is 17.3 Å². The fraction of sp³-hybridized carbons (Fsp3) is 0.294. The Bertz CT molecular complexity index is 599. The van der Waals surface area contributed by atoms with Gasteiger partial charge < -0.3 is 5.73 Å². The quantitative estimate of drug-likeness (QED) is 0.824. The molecule has 0 spiro atoms. The monoisotopic (exact) mass is 303 g/mol. The van der Waals surface area contributed by atoms with Crippen LogP contribution < -0.4 is 5.73 Å². The van der Waals surface area contributed by atoms with Crippen molar-refractivity contribution < 1.29 is 0 Å². The summed E-state index contributed by atoms with van der Waals surface area (Å²) in [5.41, 5.74) is 9.26. The summed E-state index contributed by atoms with van der Waals surface area (Å²) in [5, 5.41) is 0.818. The van der Waals surface area contributed by atoms with Gasteiger partial charge in [0.25, 0.3) is 0 Å². The lowest BCUT2D eigenvalue weighted by molar-refractivity contribution is 0.510. The predicted octanol–water partition coefficient (Wildman–Crippen LogP) is 4.49. The van der Waals surface area contributed by atoms with E-state index in [1.165, 1.54) is 17.5 Å². The molecule has 2 aromatic carbocycles. The maximum Gasteiger partial charge on any atom is 0.0541 e. The second-order valence-electron chi connectivity index (χ2n) is 5.34. The van der Waals surface area contributed by atoms with Gasteiger partial charge in [-0.3, -0.25) is 0 Å². The van der Waals surface area contributed by atoms with E-state index in [0.29, 0.717) is 5.92 Å². The Balaban J connectivity index is 1.52. The minimum Gasteiger partial charge on any atom is -0.327 e. The van der Waals surface area contributed by atoms with Gasteiger partial charge >= 0.3 is 0 Å². The van der Waals surface area contributed by atoms with Crippen molar-refractivity contribution in [1.82, 2.24) is 0 Å². The van der Waals surface area contributed by atoms with Gasteiger partial charge in [0.05, 0.1) is 5.02 Å². The molecular weight excluding hydrogens is 286 g/mol. The Morgan fingerprint density at radius 3 is 2.70 bits per heavy atom. The third-order valence-corrected chi connectivity index (χ3v) is 5.54. The molecule has 2 atom stereocenters. The van der Waals surface area contributed by atoms with Gasteiger partial charge in [0.2, 0.25) is 0 Å². The SMILES string of the molecule is NC(CSc1ccccc1Cl)CC1Cc2ccccc21. The Kier molecular flexibility index (Phi) is 4.35. The highest BCUT2D eigenvalue weighted by atomic mass is 35.5. The fourth-order valence-corrected chi connectivity index (χ4v) is 3.97. The third kappa shape index (κ3) is 3.03. The molecule has 1 nitrogen and oxygen atoms in total. The van der Waals surface area contributed by atoms with Gasteiger partial charge in [-0.25, -0.2) is 0 Å². The number of rotatable bonds is 5. The Hall–Kier alpha value is -0.960. The molecule has 2 N–H and O–H groups in total. The lowest BCUT2D eigenvalue weighted by atomic mass is 9.75. The molecule has 2 unspecified atom stereocenters. The predicted molar refractivity (Wildman–Crippen MR) is 87.7 cm³/mol. The van der Waals surface area contributed by atoms with Crippen LogP contribution in [0.2, 0.25) is 5.02 Å². The highest BCUT2D eigenvalue weighted by Gasteiger charge is 2.26. The molecule has 0 bridgehead atoms. The van der Waals surface area contributed by atoms with E-state index in [1.807, 2.05) is 18.2 Å². The van der Waals surface area contributed by atoms with Crippen molar-refractivity contribution >= 4 is 23.4 Å². The van der Waals surface area contributed by atoms with Gasteiger partial charge in [0, 0.05) is 16.7 Å². The van der Waals surface area contributed by atoms with Gasteiger partial charge in [-0.1, -0.05) is 48.0 Å².